The molecule has 0 saturated heterocycles. The number of benzene rings is 6. The van der Waals surface area contributed by atoms with Crippen LogP contribution in [0.15, 0.2) is 182 Å². The van der Waals surface area contributed by atoms with Gasteiger partial charge < -0.3 is 0 Å². The second-order valence-electron chi connectivity index (χ2n) is 9.69. The predicted molar refractivity (Wildman–Crippen MR) is 162 cm³/mol. The van der Waals surface area contributed by atoms with Crippen molar-refractivity contribution in [2.24, 2.45) is 0 Å². The van der Waals surface area contributed by atoms with E-state index in [1.54, 1.807) is 0 Å². The minimum absolute atomic E-state index is 1.36. The van der Waals surface area contributed by atoms with Gasteiger partial charge in [0, 0.05) is 0 Å². The third kappa shape index (κ3) is 2.69. The molecule has 0 aliphatic carbocycles. The van der Waals surface area contributed by atoms with Crippen LogP contribution in [-0.2, 0) is 0 Å². The summed E-state index contributed by atoms with van der Waals surface area (Å²) in [6, 6.07) is 67.8. The van der Waals surface area contributed by atoms with Crippen LogP contribution in [-0.4, -0.2) is 16.0 Å². The Hall–Kier alpha value is -3.86. The van der Waals surface area contributed by atoms with Crippen LogP contribution in [0.3, 0.4) is 0 Å². The van der Waals surface area contributed by atoms with Crippen molar-refractivity contribution in [2.75, 3.05) is 0 Å². The molecule has 0 amide bonds. The zero-order chi connectivity index (χ0) is 25.1. The van der Waals surface area contributed by atoms with Gasteiger partial charge >= 0.3 is 219 Å². The fourth-order valence-corrected chi connectivity index (χ4v) is 35.5. The standard InChI is InChI=1S/6C6H5.Sb/c6*1-2-4-6-5-3-1;/h6*1-5H;/q;;;;;;-1. The van der Waals surface area contributed by atoms with Crippen molar-refractivity contribution in [1.29, 1.82) is 0 Å². The average molecular weight is 584 g/mol. The Bertz CT molecular complexity index is 1270. The molecule has 180 valence electrons. The fraction of sp³-hybridized carbons (Fsp3) is 0. The summed E-state index contributed by atoms with van der Waals surface area (Å²) in [4.78, 5) is 0. The summed E-state index contributed by atoms with van der Waals surface area (Å²) in [6.45, 7) is 0. The Balaban J connectivity index is 2.15. The van der Waals surface area contributed by atoms with Gasteiger partial charge in [0.15, 0.2) is 0 Å². The molecule has 6 aromatic carbocycles. The van der Waals surface area contributed by atoms with E-state index in [4.69, 9.17) is 0 Å². The van der Waals surface area contributed by atoms with Crippen LogP contribution in [0, 0.1) is 0 Å². The molecule has 0 saturated carbocycles. The molecule has 0 radical (unpaired) electrons. The quantitative estimate of drug-likeness (QED) is 0.247. The van der Waals surface area contributed by atoms with E-state index < -0.39 is 16.0 Å². The molecule has 0 aliphatic rings. The van der Waals surface area contributed by atoms with Crippen LogP contribution in [0.5, 0.6) is 0 Å². The fourth-order valence-electron chi connectivity index (χ4n) is 7.04. The van der Waals surface area contributed by atoms with E-state index in [1.165, 1.54) is 21.1 Å². The maximum atomic E-state index is 2.38. The maximum absolute atomic E-state index is 5.70. The topological polar surface area (TPSA) is 0 Å². The van der Waals surface area contributed by atoms with Gasteiger partial charge in [-0.1, -0.05) is 0 Å². The van der Waals surface area contributed by atoms with Crippen molar-refractivity contribution in [2.45, 2.75) is 0 Å². The molecule has 37 heavy (non-hydrogen) atoms. The van der Waals surface area contributed by atoms with Gasteiger partial charge in [0.25, 0.3) is 0 Å². The van der Waals surface area contributed by atoms with Crippen LogP contribution in [0.2, 0.25) is 0 Å². The number of hydrogen-bond donors (Lipinski definition) is 0. The van der Waals surface area contributed by atoms with E-state index in [0.717, 1.165) is 0 Å². The first kappa shape index (κ1) is 23.5. The van der Waals surface area contributed by atoms with Crippen LogP contribution in [0.1, 0.15) is 0 Å². The Labute approximate surface area is 218 Å². The van der Waals surface area contributed by atoms with Gasteiger partial charge in [-0.3, -0.25) is 0 Å². The van der Waals surface area contributed by atoms with Gasteiger partial charge in [0.2, 0.25) is 0 Å². The van der Waals surface area contributed by atoms with E-state index >= 15 is 0 Å². The average Bonchev–Trinajstić information content (AvgIpc) is 3.02. The van der Waals surface area contributed by atoms with Gasteiger partial charge in [-0.15, -0.1) is 0 Å². The molecule has 0 bridgehead atoms. The van der Waals surface area contributed by atoms with Crippen molar-refractivity contribution in [3.8, 4) is 0 Å². The first-order valence-corrected chi connectivity index (χ1v) is 20.5. The zero-order valence-electron chi connectivity index (χ0n) is 20.8. The summed E-state index contributed by atoms with van der Waals surface area (Å²) >= 11 is -5.70. The number of hydrogen-bond acceptors (Lipinski definition) is 0. The Kier molecular flexibility index (Phi) is 5.67. The van der Waals surface area contributed by atoms with E-state index in [2.05, 4.69) is 182 Å². The van der Waals surface area contributed by atoms with Crippen molar-refractivity contribution in [1.82, 2.24) is 0 Å². The van der Waals surface area contributed by atoms with Crippen molar-refractivity contribution < 1.29 is 0 Å². The zero-order valence-corrected chi connectivity index (χ0v) is 23.3. The molecule has 0 spiro atoms. The van der Waals surface area contributed by atoms with E-state index in [-0.39, 0.29) is 0 Å². The van der Waals surface area contributed by atoms with Gasteiger partial charge in [-0.05, 0) is 0 Å². The van der Waals surface area contributed by atoms with Gasteiger partial charge in [0.05, 0.1) is 0 Å². The Morgan fingerprint density at radius 1 is 0.189 bits per heavy atom. The van der Waals surface area contributed by atoms with Crippen LogP contribution < -0.4 is 21.1 Å². The minimum atomic E-state index is -5.70. The monoisotopic (exact) mass is 583 g/mol. The molecular weight excluding hydrogens is 554 g/mol. The van der Waals surface area contributed by atoms with Crippen LogP contribution >= 0.6 is 0 Å². The molecule has 6 rings (SSSR count). The van der Waals surface area contributed by atoms with E-state index in [1.807, 2.05) is 0 Å². The Morgan fingerprint density at radius 3 is 0.459 bits per heavy atom. The van der Waals surface area contributed by atoms with Gasteiger partial charge in [0.1, 0.15) is 0 Å². The number of rotatable bonds is 6. The molecule has 0 aromatic heterocycles. The molecule has 0 fully saturated rings. The molecule has 6 aromatic rings. The summed E-state index contributed by atoms with van der Waals surface area (Å²) in [5.74, 6) is 0. The molecule has 0 heterocycles. The molecule has 0 atom stereocenters. The van der Waals surface area contributed by atoms with Crippen molar-refractivity contribution >= 4 is 37.1 Å². The normalized spacial score (nSPS) is 13.3. The summed E-state index contributed by atoms with van der Waals surface area (Å²) in [5.41, 5.74) is 0. The summed E-state index contributed by atoms with van der Waals surface area (Å²) in [5, 5.41) is 0. The van der Waals surface area contributed by atoms with Crippen molar-refractivity contribution in [3.63, 3.8) is 0 Å². The second-order valence-corrected chi connectivity index (χ2v) is 28.1. The third-order valence-corrected chi connectivity index (χ3v) is 35.6. The van der Waals surface area contributed by atoms with E-state index in [0.29, 0.717) is 0 Å². The molecule has 1 heteroatoms. The van der Waals surface area contributed by atoms with Crippen LogP contribution in [0.25, 0.3) is 0 Å². The molecular formula is C36H30Sb-. The van der Waals surface area contributed by atoms with Gasteiger partial charge in [-0.2, -0.15) is 0 Å². The van der Waals surface area contributed by atoms with E-state index in [9.17, 15) is 0 Å². The first-order valence-electron chi connectivity index (χ1n) is 12.8. The molecule has 0 aliphatic heterocycles. The molecule has 0 nitrogen and oxygen atoms in total. The second kappa shape index (κ2) is 8.91. The predicted octanol–water partition coefficient (Wildman–Crippen LogP) is 4.79. The van der Waals surface area contributed by atoms with Crippen LogP contribution in [0.4, 0.5) is 0 Å². The molecule has 0 unspecified atom stereocenters. The summed E-state index contributed by atoms with van der Waals surface area (Å²) in [6.07, 6.45) is 0. The summed E-state index contributed by atoms with van der Waals surface area (Å²) in [7, 11) is 0. The molecule has 0 N–H and O–H groups in total. The van der Waals surface area contributed by atoms with Crippen molar-refractivity contribution in [3.05, 3.63) is 182 Å². The SMILES string of the molecule is c1cc[c]([Sb-]([c]2ccccc2)([c]2ccccc2)([c]2ccccc2)([c]2ccccc2)[c]2ccccc2)cc1. The summed E-state index contributed by atoms with van der Waals surface area (Å²) < 4.78 is 8.15. The first-order chi connectivity index (χ1) is 18.3. The third-order valence-electron chi connectivity index (χ3n) is 8.41. The Morgan fingerprint density at radius 2 is 0.324 bits per heavy atom. The van der Waals surface area contributed by atoms with Gasteiger partial charge in [-0.25, -0.2) is 0 Å².